The van der Waals surface area contributed by atoms with Crippen LogP contribution in [-0.2, 0) is 0 Å². The predicted molar refractivity (Wildman–Crippen MR) is 88.5 cm³/mol. The molecular weight excluding hydrogens is 292 g/mol. The highest BCUT2D eigenvalue weighted by Gasteiger charge is 2.07. The van der Waals surface area contributed by atoms with E-state index in [2.05, 4.69) is 15.2 Å². The lowest BCUT2D eigenvalue weighted by molar-refractivity contribution is 0.0697. The molecule has 0 saturated heterocycles. The molecule has 0 bridgehead atoms. The Balaban J connectivity index is 2.01. The number of pyridine rings is 1. The summed E-state index contributed by atoms with van der Waals surface area (Å²) in [5, 5.41) is 19.0. The average Bonchev–Trinajstić information content (AvgIpc) is 2.54. The number of carboxylic acid groups (broad SMARTS) is 1. The van der Waals surface area contributed by atoms with Crippen molar-refractivity contribution in [2.45, 2.75) is 6.92 Å². The van der Waals surface area contributed by atoms with Crippen LogP contribution in [-0.4, -0.2) is 16.1 Å². The number of nitrogens with two attached hydrogens (primary N) is 1. The molecule has 2 aromatic carbocycles. The van der Waals surface area contributed by atoms with Crippen molar-refractivity contribution < 1.29 is 9.90 Å². The maximum atomic E-state index is 10.8. The van der Waals surface area contributed by atoms with Gasteiger partial charge in [-0.05, 0) is 37.3 Å². The van der Waals surface area contributed by atoms with Gasteiger partial charge in [0.15, 0.2) is 5.82 Å². The van der Waals surface area contributed by atoms with Crippen LogP contribution in [0.4, 0.5) is 17.2 Å². The fourth-order valence-corrected chi connectivity index (χ4v) is 2.21. The molecule has 0 unspecified atom stereocenters. The number of carboxylic acids is 1. The number of anilines is 1. The maximum absolute atomic E-state index is 10.8. The molecule has 3 aromatic rings. The first-order valence-corrected chi connectivity index (χ1v) is 6.94. The van der Waals surface area contributed by atoms with Crippen LogP contribution in [0.15, 0.2) is 58.9 Å². The minimum absolute atomic E-state index is 0.200. The molecule has 0 atom stereocenters. The zero-order chi connectivity index (χ0) is 16.4. The molecule has 0 fully saturated rings. The molecule has 114 valence electrons. The molecule has 1 aromatic heterocycles. The smallest absolute Gasteiger partial charge is 0.335 e. The Bertz CT molecular complexity index is 913. The third-order valence-electron chi connectivity index (χ3n) is 3.43. The maximum Gasteiger partial charge on any atom is 0.335 e. The summed E-state index contributed by atoms with van der Waals surface area (Å²) in [4.78, 5) is 15.0. The Labute approximate surface area is 132 Å². The lowest BCUT2D eigenvalue weighted by Crippen LogP contribution is -1.94. The van der Waals surface area contributed by atoms with Gasteiger partial charge in [0.25, 0.3) is 0 Å². The lowest BCUT2D eigenvalue weighted by atomic mass is 10.1. The Hall–Kier alpha value is -3.28. The molecule has 6 heteroatoms. The van der Waals surface area contributed by atoms with E-state index in [1.165, 1.54) is 12.1 Å². The van der Waals surface area contributed by atoms with Gasteiger partial charge in [0.2, 0.25) is 0 Å². The summed E-state index contributed by atoms with van der Waals surface area (Å²) in [6.45, 7) is 1.99. The molecule has 0 radical (unpaired) electrons. The summed E-state index contributed by atoms with van der Waals surface area (Å²) in [5.74, 6) is -0.680. The van der Waals surface area contributed by atoms with E-state index >= 15 is 0 Å². The molecule has 0 amide bonds. The molecule has 23 heavy (non-hydrogen) atoms. The van der Waals surface area contributed by atoms with E-state index in [-0.39, 0.29) is 5.56 Å². The summed E-state index contributed by atoms with van der Waals surface area (Å²) in [6.07, 6.45) is 1.70. The molecule has 1 heterocycles. The van der Waals surface area contributed by atoms with Crippen LogP contribution in [0, 0.1) is 6.92 Å². The van der Waals surface area contributed by atoms with Crippen LogP contribution in [0.2, 0.25) is 0 Å². The number of aromatic nitrogens is 1. The van der Waals surface area contributed by atoms with Gasteiger partial charge in [-0.3, -0.25) is 0 Å². The summed E-state index contributed by atoms with van der Waals surface area (Å²) in [5.41, 5.74) is 8.26. The van der Waals surface area contributed by atoms with E-state index in [0.29, 0.717) is 17.2 Å². The highest BCUT2D eigenvalue weighted by Crippen LogP contribution is 2.32. The fraction of sp³-hybridized carbons (Fsp3) is 0.0588. The predicted octanol–water partition coefficient (Wildman–Crippen LogP) is 4.24. The van der Waals surface area contributed by atoms with Gasteiger partial charge >= 0.3 is 5.97 Å². The minimum atomic E-state index is -0.980. The van der Waals surface area contributed by atoms with Crippen LogP contribution >= 0.6 is 0 Å². The number of azo groups is 1. The van der Waals surface area contributed by atoms with Gasteiger partial charge in [0, 0.05) is 17.0 Å². The highest BCUT2D eigenvalue weighted by molar-refractivity contribution is 5.96. The Kier molecular flexibility index (Phi) is 3.72. The zero-order valence-electron chi connectivity index (χ0n) is 12.4. The molecule has 6 nitrogen and oxygen atoms in total. The second-order valence-electron chi connectivity index (χ2n) is 5.13. The standard InChI is InChI=1S/C17H14N4O2/c1-10-2-3-12-9-19-16(18)15(14(12)8-10)21-20-13-6-4-11(5-7-13)17(22)23/h2-9H,1H3,(H2,18,19)(H,22,23). The molecular formula is C17H14N4O2. The van der Waals surface area contributed by atoms with Crippen molar-refractivity contribution in [2.75, 3.05) is 5.73 Å². The zero-order valence-corrected chi connectivity index (χ0v) is 12.4. The first kappa shape index (κ1) is 14.6. The van der Waals surface area contributed by atoms with Crippen molar-refractivity contribution in [3.8, 4) is 0 Å². The Morgan fingerprint density at radius 3 is 2.57 bits per heavy atom. The highest BCUT2D eigenvalue weighted by atomic mass is 16.4. The number of rotatable bonds is 3. The summed E-state index contributed by atoms with van der Waals surface area (Å²) >= 11 is 0. The van der Waals surface area contributed by atoms with Gasteiger partial charge in [0.05, 0.1) is 11.3 Å². The molecule has 3 rings (SSSR count). The number of nitrogens with zero attached hydrogens (tertiary/aromatic N) is 3. The summed E-state index contributed by atoms with van der Waals surface area (Å²) < 4.78 is 0. The number of benzene rings is 2. The van der Waals surface area contributed by atoms with Crippen LogP contribution in [0.3, 0.4) is 0 Å². The van der Waals surface area contributed by atoms with Crippen molar-refractivity contribution in [3.05, 3.63) is 59.8 Å². The van der Waals surface area contributed by atoms with E-state index in [9.17, 15) is 4.79 Å². The van der Waals surface area contributed by atoms with Gasteiger partial charge in [-0.25, -0.2) is 9.78 Å². The largest absolute Gasteiger partial charge is 0.478 e. The first-order valence-electron chi connectivity index (χ1n) is 6.94. The van der Waals surface area contributed by atoms with Crippen LogP contribution in [0.1, 0.15) is 15.9 Å². The van der Waals surface area contributed by atoms with Gasteiger partial charge in [0.1, 0.15) is 5.69 Å². The molecule has 0 aliphatic rings. The number of aromatic carboxylic acids is 1. The van der Waals surface area contributed by atoms with Gasteiger partial charge in [-0.1, -0.05) is 17.7 Å². The van der Waals surface area contributed by atoms with Crippen molar-refractivity contribution in [3.63, 3.8) is 0 Å². The van der Waals surface area contributed by atoms with Crippen molar-refractivity contribution in [2.24, 2.45) is 10.2 Å². The summed E-state index contributed by atoms with van der Waals surface area (Å²) in [6, 6.07) is 12.1. The average molecular weight is 306 g/mol. The monoisotopic (exact) mass is 306 g/mol. The third kappa shape index (κ3) is 3.01. The van der Waals surface area contributed by atoms with Crippen molar-refractivity contribution in [1.29, 1.82) is 0 Å². The third-order valence-corrected chi connectivity index (χ3v) is 3.43. The molecule has 3 N–H and O–H groups in total. The number of carbonyl (C=O) groups is 1. The number of hydrogen-bond donors (Lipinski definition) is 2. The Morgan fingerprint density at radius 2 is 1.87 bits per heavy atom. The molecule has 0 saturated carbocycles. The van der Waals surface area contributed by atoms with E-state index in [1.54, 1.807) is 18.3 Å². The second-order valence-corrected chi connectivity index (χ2v) is 5.13. The van der Waals surface area contributed by atoms with Gasteiger partial charge in [-0.15, -0.1) is 5.11 Å². The molecule has 0 aliphatic heterocycles. The van der Waals surface area contributed by atoms with E-state index in [4.69, 9.17) is 10.8 Å². The van der Waals surface area contributed by atoms with Gasteiger partial charge in [-0.2, -0.15) is 5.11 Å². The van der Waals surface area contributed by atoms with Crippen LogP contribution in [0.5, 0.6) is 0 Å². The fourth-order valence-electron chi connectivity index (χ4n) is 2.21. The number of fused-ring (bicyclic) bond motifs is 1. The number of hydrogen-bond acceptors (Lipinski definition) is 5. The van der Waals surface area contributed by atoms with E-state index in [1.807, 2.05) is 25.1 Å². The minimum Gasteiger partial charge on any atom is -0.478 e. The van der Waals surface area contributed by atoms with Crippen molar-refractivity contribution in [1.82, 2.24) is 4.98 Å². The van der Waals surface area contributed by atoms with Crippen molar-refractivity contribution >= 4 is 33.9 Å². The number of nitrogen functional groups attached to an aromatic ring is 1. The first-order chi connectivity index (χ1) is 11.0. The summed E-state index contributed by atoms with van der Waals surface area (Å²) in [7, 11) is 0. The van der Waals surface area contributed by atoms with E-state index < -0.39 is 5.97 Å². The molecule has 0 spiro atoms. The van der Waals surface area contributed by atoms with Crippen LogP contribution < -0.4 is 5.73 Å². The normalized spacial score (nSPS) is 11.2. The lowest BCUT2D eigenvalue weighted by Gasteiger charge is -2.05. The van der Waals surface area contributed by atoms with E-state index in [0.717, 1.165) is 16.3 Å². The Morgan fingerprint density at radius 1 is 1.13 bits per heavy atom. The topological polar surface area (TPSA) is 101 Å². The number of aryl methyl sites for hydroxylation is 1. The quantitative estimate of drug-likeness (QED) is 0.706. The second kappa shape index (κ2) is 5.84. The van der Waals surface area contributed by atoms with Crippen LogP contribution in [0.25, 0.3) is 10.8 Å². The molecule has 0 aliphatic carbocycles. The van der Waals surface area contributed by atoms with Gasteiger partial charge < -0.3 is 10.8 Å². The SMILES string of the molecule is Cc1ccc2cnc(N)c(N=Nc3ccc(C(=O)O)cc3)c2c1.